The lowest BCUT2D eigenvalue weighted by Gasteiger charge is -2.12. The van der Waals surface area contributed by atoms with E-state index in [0.29, 0.717) is 12.1 Å². The summed E-state index contributed by atoms with van der Waals surface area (Å²) in [7, 11) is 1.62. The number of anilines is 2. The predicted molar refractivity (Wildman–Crippen MR) is 87.8 cm³/mol. The van der Waals surface area contributed by atoms with Crippen molar-refractivity contribution in [2.75, 3.05) is 19.0 Å². The van der Waals surface area contributed by atoms with Crippen LogP contribution >= 0.6 is 0 Å². The zero-order valence-electron chi connectivity index (χ0n) is 12.7. The van der Waals surface area contributed by atoms with Gasteiger partial charge in [0.15, 0.2) is 0 Å². The number of nitrogens with zero attached hydrogens (tertiary/aromatic N) is 1. The quantitative estimate of drug-likeness (QED) is 0.804. The van der Waals surface area contributed by atoms with Crippen LogP contribution in [0.3, 0.4) is 0 Å². The highest BCUT2D eigenvalue weighted by molar-refractivity contribution is 5.95. The first-order valence-electron chi connectivity index (χ1n) is 6.90. The second-order valence-electron chi connectivity index (χ2n) is 4.79. The maximum absolute atomic E-state index is 11.9. The summed E-state index contributed by atoms with van der Waals surface area (Å²) in [5.74, 6) is 0.541. The van der Waals surface area contributed by atoms with Crippen molar-refractivity contribution in [2.45, 2.75) is 6.92 Å². The van der Waals surface area contributed by atoms with Crippen LogP contribution in [-0.2, 0) is 0 Å². The maximum atomic E-state index is 11.9. The molecule has 1 aromatic heterocycles. The van der Waals surface area contributed by atoms with Gasteiger partial charge in [0.1, 0.15) is 5.75 Å². The van der Waals surface area contributed by atoms with Crippen molar-refractivity contribution in [1.82, 2.24) is 10.3 Å². The molecule has 2 aromatic rings. The fourth-order valence-corrected chi connectivity index (χ4v) is 1.97. The Kier molecular flexibility index (Phi) is 5.14. The van der Waals surface area contributed by atoms with Gasteiger partial charge in [-0.05, 0) is 30.7 Å². The molecule has 0 fully saturated rings. The lowest BCUT2D eigenvalue weighted by Crippen LogP contribution is -2.23. The molecule has 0 aliphatic rings. The molecule has 2 rings (SSSR count). The normalized spacial score (nSPS) is 9.91. The smallest absolute Gasteiger partial charge is 0.253 e. The molecule has 22 heavy (non-hydrogen) atoms. The SMILES string of the molecule is C=CCNC(=O)c1cncc(Nc2cc(C)ccc2OC)c1. The summed E-state index contributed by atoms with van der Waals surface area (Å²) in [5, 5.41) is 5.95. The third kappa shape index (κ3) is 3.85. The summed E-state index contributed by atoms with van der Waals surface area (Å²) in [6.45, 7) is 5.99. The van der Waals surface area contributed by atoms with Crippen molar-refractivity contribution in [1.29, 1.82) is 0 Å². The summed E-state index contributed by atoms with van der Waals surface area (Å²) in [6, 6.07) is 7.59. The van der Waals surface area contributed by atoms with Crippen LogP contribution in [0.2, 0.25) is 0 Å². The molecular weight excluding hydrogens is 278 g/mol. The lowest BCUT2D eigenvalue weighted by molar-refractivity contribution is 0.0957. The maximum Gasteiger partial charge on any atom is 0.253 e. The van der Waals surface area contributed by atoms with Gasteiger partial charge in [0.2, 0.25) is 0 Å². The van der Waals surface area contributed by atoms with E-state index in [1.54, 1.807) is 25.4 Å². The van der Waals surface area contributed by atoms with Gasteiger partial charge in [0.05, 0.1) is 30.2 Å². The summed E-state index contributed by atoms with van der Waals surface area (Å²) >= 11 is 0. The van der Waals surface area contributed by atoms with E-state index in [2.05, 4.69) is 22.2 Å². The van der Waals surface area contributed by atoms with Crippen molar-refractivity contribution in [3.63, 3.8) is 0 Å². The van der Waals surface area contributed by atoms with Crippen molar-refractivity contribution >= 4 is 17.3 Å². The Labute approximate surface area is 130 Å². The molecule has 1 aromatic carbocycles. The standard InChI is InChI=1S/C17H19N3O2/c1-4-7-19-17(21)13-9-14(11-18-10-13)20-15-8-12(2)5-6-16(15)22-3/h4-6,8-11,20H,1,7H2,2-3H3,(H,19,21). The highest BCUT2D eigenvalue weighted by Gasteiger charge is 2.08. The molecule has 2 N–H and O–H groups in total. The molecule has 0 atom stereocenters. The third-order valence-corrected chi connectivity index (χ3v) is 3.04. The summed E-state index contributed by atoms with van der Waals surface area (Å²) < 4.78 is 5.33. The number of aryl methyl sites for hydroxylation is 1. The van der Waals surface area contributed by atoms with Crippen LogP contribution in [0.4, 0.5) is 11.4 Å². The molecule has 1 amide bonds. The topological polar surface area (TPSA) is 63.2 Å². The number of amides is 1. The first kappa shape index (κ1) is 15.6. The molecule has 114 valence electrons. The summed E-state index contributed by atoms with van der Waals surface area (Å²) in [6.07, 6.45) is 4.81. The van der Waals surface area contributed by atoms with Crippen LogP contribution in [-0.4, -0.2) is 24.5 Å². The fourth-order valence-electron chi connectivity index (χ4n) is 1.97. The van der Waals surface area contributed by atoms with E-state index in [1.165, 1.54) is 6.20 Å². The predicted octanol–water partition coefficient (Wildman–Crippen LogP) is 3.06. The number of aromatic nitrogens is 1. The van der Waals surface area contributed by atoms with Crippen LogP contribution < -0.4 is 15.4 Å². The Morgan fingerprint density at radius 1 is 1.36 bits per heavy atom. The van der Waals surface area contributed by atoms with Crippen LogP contribution in [0.15, 0.2) is 49.3 Å². The molecule has 0 saturated heterocycles. The molecule has 5 heteroatoms. The number of nitrogens with one attached hydrogen (secondary N) is 2. The van der Waals surface area contributed by atoms with Gasteiger partial charge >= 0.3 is 0 Å². The minimum atomic E-state index is -0.188. The number of hydrogen-bond acceptors (Lipinski definition) is 4. The first-order valence-corrected chi connectivity index (χ1v) is 6.90. The second kappa shape index (κ2) is 7.26. The number of benzene rings is 1. The van der Waals surface area contributed by atoms with Gasteiger partial charge < -0.3 is 15.4 Å². The number of rotatable bonds is 6. The Hall–Kier alpha value is -2.82. The van der Waals surface area contributed by atoms with Gasteiger partial charge in [-0.3, -0.25) is 9.78 Å². The fraction of sp³-hybridized carbons (Fsp3) is 0.176. The van der Waals surface area contributed by atoms with Crippen molar-refractivity contribution in [3.8, 4) is 5.75 Å². The van der Waals surface area contributed by atoms with Crippen molar-refractivity contribution in [3.05, 3.63) is 60.4 Å². The van der Waals surface area contributed by atoms with E-state index < -0.39 is 0 Å². The molecule has 5 nitrogen and oxygen atoms in total. The number of ether oxygens (including phenoxy) is 1. The molecule has 0 spiro atoms. The lowest BCUT2D eigenvalue weighted by atomic mass is 10.2. The number of methoxy groups -OCH3 is 1. The second-order valence-corrected chi connectivity index (χ2v) is 4.79. The van der Waals surface area contributed by atoms with E-state index in [4.69, 9.17) is 4.74 Å². The number of hydrogen-bond donors (Lipinski definition) is 2. The molecule has 1 heterocycles. The third-order valence-electron chi connectivity index (χ3n) is 3.04. The van der Waals surface area contributed by atoms with Crippen LogP contribution in [0.25, 0.3) is 0 Å². The molecule has 0 radical (unpaired) electrons. The van der Waals surface area contributed by atoms with E-state index >= 15 is 0 Å². The highest BCUT2D eigenvalue weighted by Crippen LogP contribution is 2.28. The van der Waals surface area contributed by atoms with Crippen molar-refractivity contribution < 1.29 is 9.53 Å². The van der Waals surface area contributed by atoms with Gasteiger partial charge in [-0.15, -0.1) is 6.58 Å². The first-order chi connectivity index (χ1) is 10.6. The van der Waals surface area contributed by atoms with Crippen LogP contribution in [0, 0.1) is 6.92 Å². The largest absolute Gasteiger partial charge is 0.495 e. The van der Waals surface area contributed by atoms with Gasteiger partial charge in [-0.25, -0.2) is 0 Å². The van der Waals surface area contributed by atoms with Gasteiger partial charge in [0.25, 0.3) is 5.91 Å². The molecular formula is C17H19N3O2. The molecule has 0 bridgehead atoms. The minimum Gasteiger partial charge on any atom is -0.495 e. The zero-order chi connectivity index (χ0) is 15.9. The Bertz CT molecular complexity index is 683. The Morgan fingerprint density at radius 3 is 2.91 bits per heavy atom. The van der Waals surface area contributed by atoms with E-state index in [0.717, 1.165) is 22.7 Å². The summed E-state index contributed by atoms with van der Waals surface area (Å²) in [4.78, 5) is 16.0. The minimum absolute atomic E-state index is 0.188. The van der Waals surface area contributed by atoms with E-state index in [1.807, 2.05) is 25.1 Å². The average molecular weight is 297 g/mol. The van der Waals surface area contributed by atoms with Gasteiger partial charge in [-0.1, -0.05) is 12.1 Å². The molecule has 0 saturated carbocycles. The summed E-state index contributed by atoms with van der Waals surface area (Å²) in [5.41, 5.74) is 3.14. The van der Waals surface area contributed by atoms with E-state index in [-0.39, 0.29) is 5.91 Å². The van der Waals surface area contributed by atoms with E-state index in [9.17, 15) is 4.79 Å². The number of carbonyl (C=O) groups is 1. The van der Waals surface area contributed by atoms with Crippen molar-refractivity contribution in [2.24, 2.45) is 0 Å². The highest BCUT2D eigenvalue weighted by atomic mass is 16.5. The van der Waals surface area contributed by atoms with Gasteiger partial charge in [-0.2, -0.15) is 0 Å². The van der Waals surface area contributed by atoms with Crippen LogP contribution in [0.1, 0.15) is 15.9 Å². The Morgan fingerprint density at radius 2 is 2.18 bits per heavy atom. The number of pyridine rings is 1. The molecule has 0 aliphatic carbocycles. The average Bonchev–Trinajstić information content (AvgIpc) is 2.53. The molecule has 0 unspecified atom stereocenters. The number of carbonyl (C=O) groups excluding carboxylic acids is 1. The monoisotopic (exact) mass is 297 g/mol. The Balaban J connectivity index is 2.22. The molecule has 0 aliphatic heterocycles. The van der Waals surface area contributed by atoms with Gasteiger partial charge in [0, 0.05) is 12.7 Å². The van der Waals surface area contributed by atoms with Crippen LogP contribution in [0.5, 0.6) is 5.75 Å². The zero-order valence-corrected chi connectivity index (χ0v) is 12.7.